The molecule has 1 saturated heterocycles. The monoisotopic (exact) mass is 278 g/mol. The van der Waals surface area contributed by atoms with E-state index in [1.165, 1.54) is 0 Å². The van der Waals surface area contributed by atoms with E-state index >= 15 is 0 Å². The first-order valence-electron chi connectivity index (χ1n) is 7.50. The molecule has 1 aliphatic heterocycles. The summed E-state index contributed by atoms with van der Waals surface area (Å²) in [5.74, 6) is -0.113. The number of carbonyl (C=O) groups is 2. The third kappa shape index (κ3) is 2.35. The largest absolute Gasteiger partial charge is 0.348 e. The first-order chi connectivity index (χ1) is 9.41. The third-order valence-corrected chi connectivity index (χ3v) is 4.78. The van der Waals surface area contributed by atoms with Gasteiger partial charge < -0.3 is 9.47 Å². The quantitative estimate of drug-likeness (QED) is 0.779. The minimum Gasteiger partial charge on any atom is -0.348 e. The van der Waals surface area contributed by atoms with Gasteiger partial charge >= 0.3 is 0 Å². The van der Waals surface area contributed by atoms with Crippen LogP contribution in [0.4, 0.5) is 0 Å². The number of hydrogen-bond acceptors (Lipinski definition) is 4. The van der Waals surface area contributed by atoms with Crippen molar-refractivity contribution in [2.75, 3.05) is 6.61 Å². The molecule has 0 spiro atoms. The predicted octanol–water partition coefficient (Wildman–Crippen LogP) is 2.56. The summed E-state index contributed by atoms with van der Waals surface area (Å²) in [6.07, 6.45) is 5.83. The molecule has 1 saturated carbocycles. The highest BCUT2D eigenvalue weighted by Crippen LogP contribution is 2.49. The normalized spacial score (nSPS) is 36.7. The van der Waals surface area contributed by atoms with Crippen molar-refractivity contribution in [1.29, 1.82) is 0 Å². The van der Waals surface area contributed by atoms with Crippen LogP contribution in [0.1, 0.15) is 52.4 Å². The average molecular weight is 278 g/mol. The van der Waals surface area contributed by atoms with Crippen LogP contribution in [0.5, 0.6) is 0 Å². The fourth-order valence-corrected chi connectivity index (χ4v) is 3.81. The Morgan fingerprint density at radius 3 is 2.75 bits per heavy atom. The molecule has 0 aromatic rings. The molecule has 4 nitrogen and oxygen atoms in total. The number of hydrogen-bond donors (Lipinski definition) is 0. The fraction of sp³-hybridized carbons (Fsp3) is 0.750. The molecule has 0 radical (unpaired) electrons. The molecular weight excluding hydrogens is 256 g/mol. The number of rotatable bonds is 2. The van der Waals surface area contributed by atoms with E-state index in [1.807, 2.05) is 13.8 Å². The summed E-state index contributed by atoms with van der Waals surface area (Å²) in [6.45, 7) is 4.33. The van der Waals surface area contributed by atoms with E-state index in [0.29, 0.717) is 32.3 Å². The number of allylic oxidation sites excluding steroid dienone is 2. The SMILES string of the molecule is CC1(C)OC[C@H](C[C@@]23CCC(=O)C=C2CCCC3=O)O1. The van der Waals surface area contributed by atoms with Gasteiger partial charge in [0, 0.05) is 12.8 Å². The summed E-state index contributed by atoms with van der Waals surface area (Å²) in [7, 11) is 0. The van der Waals surface area contributed by atoms with Gasteiger partial charge in [0.25, 0.3) is 0 Å². The zero-order valence-electron chi connectivity index (χ0n) is 12.2. The van der Waals surface area contributed by atoms with Gasteiger partial charge in [-0.3, -0.25) is 9.59 Å². The van der Waals surface area contributed by atoms with Crippen molar-refractivity contribution in [1.82, 2.24) is 0 Å². The Hall–Kier alpha value is -1.00. The molecule has 3 aliphatic rings. The lowest BCUT2D eigenvalue weighted by Crippen LogP contribution is -2.42. The number of ether oxygens (including phenoxy) is 2. The van der Waals surface area contributed by atoms with Crippen molar-refractivity contribution in [3.8, 4) is 0 Å². The maximum absolute atomic E-state index is 12.6. The van der Waals surface area contributed by atoms with Crippen LogP contribution in [0.3, 0.4) is 0 Å². The van der Waals surface area contributed by atoms with Crippen molar-refractivity contribution >= 4 is 11.6 Å². The van der Waals surface area contributed by atoms with Crippen molar-refractivity contribution in [2.24, 2.45) is 5.41 Å². The first-order valence-corrected chi connectivity index (χ1v) is 7.50. The van der Waals surface area contributed by atoms with E-state index < -0.39 is 11.2 Å². The van der Waals surface area contributed by atoms with Crippen LogP contribution in [0, 0.1) is 5.41 Å². The molecule has 1 heterocycles. The summed E-state index contributed by atoms with van der Waals surface area (Å²) >= 11 is 0. The van der Waals surface area contributed by atoms with E-state index in [4.69, 9.17) is 9.47 Å². The molecule has 2 fully saturated rings. The lowest BCUT2D eigenvalue weighted by atomic mass is 9.61. The maximum Gasteiger partial charge on any atom is 0.163 e. The van der Waals surface area contributed by atoms with Crippen LogP contribution in [0.15, 0.2) is 11.6 Å². The van der Waals surface area contributed by atoms with Crippen LogP contribution in [0.2, 0.25) is 0 Å². The van der Waals surface area contributed by atoms with E-state index in [9.17, 15) is 9.59 Å². The lowest BCUT2D eigenvalue weighted by Gasteiger charge is -2.41. The lowest BCUT2D eigenvalue weighted by molar-refractivity contribution is -0.147. The molecule has 0 aromatic heterocycles. The second kappa shape index (κ2) is 4.78. The standard InChI is InChI=1S/C16H22O4/c1-15(2)19-10-13(20-15)9-16-7-6-12(17)8-11(16)4-3-5-14(16)18/h8,13H,3-7,9-10H2,1-2H3/t13-,16-/m0/s1. The highest BCUT2D eigenvalue weighted by molar-refractivity contribution is 5.97. The molecule has 4 heteroatoms. The number of Topliss-reactive ketones (excluding diaryl/α,β-unsaturated/α-hetero) is 1. The van der Waals surface area contributed by atoms with Crippen molar-refractivity contribution in [3.05, 3.63) is 11.6 Å². The van der Waals surface area contributed by atoms with E-state index in [0.717, 1.165) is 18.4 Å². The second-order valence-electron chi connectivity index (χ2n) is 6.65. The van der Waals surface area contributed by atoms with Gasteiger partial charge in [0.2, 0.25) is 0 Å². The van der Waals surface area contributed by atoms with Gasteiger partial charge in [-0.2, -0.15) is 0 Å². The predicted molar refractivity (Wildman–Crippen MR) is 73.1 cm³/mol. The van der Waals surface area contributed by atoms with Crippen molar-refractivity contribution in [2.45, 2.75) is 64.3 Å². The Morgan fingerprint density at radius 2 is 2.05 bits per heavy atom. The van der Waals surface area contributed by atoms with Crippen molar-refractivity contribution < 1.29 is 19.1 Å². The van der Waals surface area contributed by atoms with Crippen LogP contribution in [0.25, 0.3) is 0 Å². The summed E-state index contributed by atoms with van der Waals surface area (Å²) in [6, 6.07) is 0. The fourth-order valence-electron chi connectivity index (χ4n) is 3.81. The topological polar surface area (TPSA) is 52.6 Å². The molecule has 0 aromatic carbocycles. The highest BCUT2D eigenvalue weighted by Gasteiger charge is 2.48. The maximum atomic E-state index is 12.6. The molecule has 2 atom stereocenters. The summed E-state index contributed by atoms with van der Waals surface area (Å²) in [4.78, 5) is 24.2. The van der Waals surface area contributed by atoms with Gasteiger partial charge in [-0.15, -0.1) is 0 Å². The van der Waals surface area contributed by atoms with Crippen LogP contribution in [-0.4, -0.2) is 30.1 Å². The zero-order valence-corrected chi connectivity index (χ0v) is 12.2. The molecule has 20 heavy (non-hydrogen) atoms. The van der Waals surface area contributed by atoms with E-state index in [-0.39, 0.29) is 17.7 Å². The Kier molecular flexibility index (Phi) is 3.33. The number of carbonyl (C=O) groups excluding carboxylic acids is 2. The van der Waals surface area contributed by atoms with Gasteiger partial charge in [-0.25, -0.2) is 0 Å². The Morgan fingerprint density at radius 1 is 1.25 bits per heavy atom. The smallest absolute Gasteiger partial charge is 0.163 e. The summed E-state index contributed by atoms with van der Waals surface area (Å²) in [5.41, 5.74) is 0.582. The number of ketones is 2. The van der Waals surface area contributed by atoms with Gasteiger partial charge in [-0.05, 0) is 45.6 Å². The van der Waals surface area contributed by atoms with Crippen molar-refractivity contribution in [3.63, 3.8) is 0 Å². The molecule has 3 rings (SSSR count). The van der Waals surface area contributed by atoms with Gasteiger partial charge in [0.15, 0.2) is 11.6 Å². The molecule has 2 aliphatic carbocycles. The van der Waals surface area contributed by atoms with Gasteiger partial charge in [0.05, 0.1) is 18.1 Å². The summed E-state index contributed by atoms with van der Waals surface area (Å²) in [5, 5.41) is 0. The molecule has 0 N–H and O–H groups in total. The molecule has 0 unspecified atom stereocenters. The summed E-state index contributed by atoms with van der Waals surface area (Å²) < 4.78 is 11.5. The van der Waals surface area contributed by atoms with E-state index in [1.54, 1.807) is 6.08 Å². The Balaban J connectivity index is 1.85. The van der Waals surface area contributed by atoms with E-state index in [2.05, 4.69) is 0 Å². The van der Waals surface area contributed by atoms with Crippen LogP contribution < -0.4 is 0 Å². The van der Waals surface area contributed by atoms with Crippen LogP contribution >= 0.6 is 0 Å². The third-order valence-electron chi connectivity index (χ3n) is 4.78. The molecule has 0 bridgehead atoms. The van der Waals surface area contributed by atoms with Crippen LogP contribution in [-0.2, 0) is 19.1 Å². The first kappa shape index (κ1) is 14.0. The highest BCUT2D eigenvalue weighted by atomic mass is 16.7. The molecular formula is C16H22O4. The van der Waals surface area contributed by atoms with Gasteiger partial charge in [-0.1, -0.05) is 5.57 Å². The minimum atomic E-state index is -0.562. The molecule has 110 valence electrons. The molecule has 0 amide bonds. The minimum absolute atomic E-state index is 0.0522. The Labute approximate surface area is 119 Å². The van der Waals surface area contributed by atoms with Gasteiger partial charge in [0.1, 0.15) is 5.78 Å². The zero-order chi connectivity index (χ0) is 14.4. The average Bonchev–Trinajstić information content (AvgIpc) is 2.71. The number of fused-ring (bicyclic) bond motifs is 1. The Bertz CT molecular complexity index is 477. The second-order valence-corrected chi connectivity index (χ2v) is 6.65.